The van der Waals surface area contributed by atoms with Crippen LogP contribution in [0.1, 0.15) is 12.5 Å². The van der Waals surface area contributed by atoms with Crippen LogP contribution in [0.2, 0.25) is 0 Å². The summed E-state index contributed by atoms with van der Waals surface area (Å²) in [5, 5.41) is 8.59. The molecule has 0 aliphatic heterocycles. The molecule has 2 nitrogen and oxygen atoms in total. The van der Waals surface area contributed by atoms with E-state index in [4.69, 9.17) is 5.11 Å². The summed E-state index contributed by atoms with van der Waals surface area (Å²) in [7, 11) is 0. The molecule has 0 fully saturated rings. The van der Waals surface area contributed by atoms with E-state index in [2.05, 4.69) is 0 Å². The number of carboxylic acid groups (broad SMARTS) is 1. The second-order valence-electron chi connectivity index (χ2n) is 2.88. The Labute approximate surface area is 77.5 Å². The Morgan fingerprint density at radius 1 is 1.38 bits per heavy atom. The highest BCUT2D eigenvalue weighted by Crippen LogP contribution is 2.02. The zero-order valence-electron chi connectivity index (χ0n) is 7.53. The van der Waals surface area contributed by atoms with Gasteiger partial charge in [-0.15, -0.1) is 0 Å². The van der Waals surface area contributed by atoms with Gasteiger partial charge in [-0.25, -0.2) is 4.79 Å². The molecule has 0 unspecified atom stereocenters. The summed E-state index contributed by atoms with van der Waals surface area (Å²) >= 11 is 0. The van der Waals surface area contributed by atoms with E-state index in [0.717, 1.165) is 5.56 Å². The predicted molar refractivity (Wildman–Crippen MR) is 51.5 cm³/mol. The van der Waals surface area contributed by atoms with Crippen molar-refractivity contribution in [2.45, 2.75) is 13.3 Å². The molecule has 1 N–H and O–H groups in total. The van der Waals surface area contributed by atoms with Gasteiger partial charge in [-0.3, -0.25) is 0 Å². The number of carbonyl (C=O) groups is 1. The molecule has 13 heavy (non-hydrogen) atoms. The number of allylic oxidation sites excluding steroid dienone is 1. The van der Waals surface area contributed by atoms with Crippen molar-refractivity contribution in [3.63, 3.8) is 0 Å². The molecule has 0 saturated carbocycles. The topological polar surface area (TPSA) is 37.3 Å². The lowest BCUT2D eigenvalue weighted by Crippen LogP contribution is -1.96. The minimum absolute atomic E-state index is 0.392. The Kier molecular flexibility index (Phi) is 3.26. The van der Waals surface area contributed by atoms with Gasteiger partial charge in [0.1, 0.15) is 0 Å². The number of rotatable bonds is 3. The van der Waals surface area contributed by atoms with E-state index in [9.17, 15) is 4.79 Å². The summed E-state index contributed by atoms with van der Waals surface area (Å²) < 4.78 is 0. The number of aliphatic carboxylic acids is 1. The van der Waals surface area contributed by atoms with Gasteiger partial charge in [0.25, 0.3) is 0 Å². The second-order valence-corrected chi connectivity index (χ2v) is 2.88. The summed E-state index contributed by atoms with van der Waals surface area (Å²) in [5.41, 5.74) is 1.52. The van der Waals surface area contributed by atoms with E-state index in [1.165, 1.54) is 0 Å². The first-order chi connectivity index (χ1) is 6.20. The molecule has 0 amide bonds. The van der Waals surface area contributed by atoms with E-state index in [1.807, 2.05) is 30.3 Å². The van der Waals surface area contributed by atoms with Crippen molar-refractivity contribution in [2.75, 3.05) is 0 Å². The third kappa shape index (κ3) is 3.11. The van der Waals surface area contributed by atoms with Gasteiger partial charge in [-0.05, 0) is 18.9 Å². The van der Waals surface area contributed by atoms with Gasteiger partial charge in [-0.1, -0.05) is 36.4 Å². The zero-order chi connectivity index (χ0) is 9.68. The van der Waals surface area contributed by atoms with Crippen LogP contribution in [-0.4, -0.2) is 11.1 Å². The van der Waals surface area contributed by atoms with E-state index in [-0.39, 0.29) is 0 Å². The summed E-state index contributed by atoms with van der Waals surface area (Å²) in [5.74, 6) is -0.851. The largest absolute Gasteiger partial charge is 0.478 e. The molecule has 2 heteroatoms. The van der Waals surface area contributed by atoms with E-state index < -0.39 is 5.97 Å². The van der Waals surface area contributed by atoms with E-state index in [0.29, 0.717) is 12.0 Å². The predicted octanol–water partition coefficient (Wildman–Crippen LogP) is 2.26. The van der Waals surface area contributed by atoms with Crippen molar-refractivity contribution in [3.05, 3.63) is 47.5 Å². The molecule has 0 saturated heterocycles. The lowest BCUT2D eigenvalue weighted by molar-refractivity contribution is -0.132. The molecule has 0 radical (unpaired) electrons. The van der Waals surface area contributed by atoms with E-state index >= 15 is 0 Å². The van der Waals surface area contributed by atoms with Crippen molar-refractivity contribution >= 4 is 5.97 Å². The lowest BCUT2D eigenvalue weighted by Gasteiger charge is -1.95. The van der Waals surface area contributed by atoms with Crippen molar-refractivity contribution in [1.29, 1.82) is 0 Å². The van der Waals surface area contributed by atoms with Crippen molar-refractivity contribution < 1.29 is 9.90 Å². The minimum Gasteiger partial charge on any atom is -0.478 e. The molecule has 1 rings (SSSR count). The first kappa shape index (κ1) is 9.52. The second kappa shape index (κ2) is 4.45. The standard InChI is InChI=1S/C11H12O2/c1-9(11(12)13)7-8-10-5-3-2-4-6-10/h2-7H,8H2,1H3,(H,12,13)/b9-7-. The summed E-state index contributed by atoms with van der Waals surface area (Å²) in [6, 6.07) is 9.78. The van der Waals surface area contributed by atoms with Crippen molar-refractivity contribution in [3.8, 4) is 0 Å². The normalized spacial score (nSPS) is 11.3. The van der Waals surface area contributed by atoms with Crippen LogP contribution in [0, 0.1) is 0 Å². The molecule has 0 atom stereocenters. The third-order valence-electron chi connectivity index (χ3n) is 1.82. The SMILES string of the molecule is C/C(=C/Cc1ccccc1)C(=O)O. The van der Waals surface area contributed by atoms with Gasteiger partial charge in [-0.2, -0.15) is 0 Å². The number of hydrogen-bond donors (Lipinski definition) is 1. The van der Waals surface area contributed by atoms with Gasteiger partial charge in [0.2, 0.25) is 0 Å². The Morgan fingerprint density at radius 3 is 2.54 bits per heavy atom. The molecule has 1 aromatic rings. The maximum atomic E-state index is 10.5. The first-order valence-electron chi connectivity index (χ1n) is 4.14. The van der Waals surface area contributed by atoms with Crippen LogP contribution >= 0.6 is 0 Å². The summed E-state index contributed by atoms with van der Waals surface area (Å²) in [4.78, 5) is 10.5. The van der Waals surface area contributed by atoms with Gasteiger partial charge < -0.3 is 5.11 Å². The van der Waals surface area contributed by atoms with Crippen LogP contribution < -0.4 is 0 Å². The molecule has 0 bridgehead atoms. The minimum atomic E-state index is -0.851. The van der Waals surface area contributed by atoms with Crippen molar-refractivity contribution in [1.82, 2.24) is 0 Å². The molecule has 68 valence electrons. The Morgan fingerprint density at radius 2 is 2.00 bits per heavy atom. The van der Waals surface area contributed by atoms with Crippen LogP contribution in [0.25, 0.3) is 0 Å². The summed E-state index contributed by atoms with van der Waals surface area (Å²) in [6.45, 7) is 1.60. The van der Waals surface area contributed by atoms with Gasteiger partial charge >= 0.3 is 5.97 Å². The molecule has 0 spiro atoms. The molecular weight excluding hydrogens is 164 g/mol. The highest BCUT2D eigenvalue weighted by Gasteiger charge is 1.97. The van der Waals surface area contributed by atoms with Gasteiger partial charge in [0.15, 0.2) is 0 Å². The third-order valence-corrected chi connectivity index (χ3v) is 1.82. The van der Waals surface area contributed by atoms with Gasteiger partial charge in [0.05, 0.1) is 0 Å². The molecule has 0 heterocycles. The molecule has 1 aromatic carbocycles. The fourth-order valence-electron chi connectivity index (χ4n) is 0.972. The first-order valence-corrected chi connectivity index (χ1v) is 4.14. The fourth-order valence-corrected chi connectivity index (χ4v) is 0.972. The number of benzene rings is 1. The maximum Gasteiger partial charge on any atom is 0.330 e. The van der Waals surface area contributed by atoms with Crippen LogP contribution in [0.15, 0.2) is 42.0 Å². The maximum absolute atomic E-state index is 10.5. The molecule has 0 aromatic heterocycles. The fraction of sp³-hybridized carbons (Fsp3) is 0.182. The average Bonchev–Trinajstić information content (AvgIpc) is 2.15. The van der Waals surface area contributed by atoms with Crippen LogP contribution in [0.3, 0.4) is 0 Å². The average molecular weight is 176 g/mol. The monoisotopic (exact) mass is 176 g/mol. The molecular formula is C11H12O2. The van der Waals surface area contributed by atoms with Crippen LogP contribution in [0.4, 0.5) is 0 Å². The highest BCUT2D eigenvalue weighted by molar-refractivity contribution is 5.85. The molecule has 0 aliphatic rings. The lowest BCUT2D eigenvalue weighted by atomic mass is 10.1. The van der Waals surface area contributed by atoms with E-state index in [1.54, 1.807) is 13.0 Å². The quantitative estimate of drug-likeness (QED) is 0.717. The number of carboxylic acids is 1. The Balaban J connectivity index is 2.62. The highest BCUT2D eigenvalue weighted by atomic mass is 16.4. The van der Waals surface area contributed by atoms with Crippen molar-refractivity contribution in [2.24, 2.45) is 0 Å². The summed E-state index contributed by atoms with van der Waals surface area (Å²) in [6.07, 6.45) is 2.40. The smallest absolute Gasteiger partial charge is 0.330 e. The molecule has 0 aliphatic carbocycles. The Bertz CT molecular complexity index is 312. The van der Waals surface area contributed by atoms with Crippen LogP contribution in [-0.2, 0) is 11.2 Å². The Hall–Kier alpha value is -1.57. The zero-order valence-corrected chi connectivity index (χ0v) is 7.53. The van der Waals surface area contributed by atoms with Crippen LogP contribution in [0.5, 0.6) is 0 Å². The van der Waals surface area contributed by atoms with Gasteiger partial charge in [0, 0.05) is 5.57 Å². The number of hydrogen-bond acceptors (Lipinski definition) is 1.